The van der Waals surface area contributed by atoms with Crippen molar-refractivity contribution in [2.45, 2.75) is 38.6 Å². The standard InChI is InChI=1S/C13H18O3/c1-10(14)11-5-7-12(8-6-11)16-13-4-2-3-9-15-13/h5-8,10,13-14H,2-4,9H2,1H3. The molecule has 2 atom stereocenters. The topological polar surface area (TPSA) is 38.7 Å². The van der Waals surface area contributed by atoms with Crippen LogP contribution in [-0.4, -0.2) is 18.0 Å². The van der Waals surface area contributed by atoms with E-state index in [4.69, 9.17) is 9.47 Å². The van der Waals surface area contributed by atoms with Gasteiger partial charge in [0.2, 0.25) is 0 Å². The number of aliphatic hydroxyl groups is 1. The third kappa shape index (κ3) is 2.97. The number of hydrogen-bond acceptors (Lipinski definition) is 3. The second-order valence-electron chi connectivity index (χ2n) is 4.16. The highest BCUT2D eigenvalue weighted by atomic mass is 16.7. The van der Waals surface area contributed by atoms with E-state index < -0.39 is 6.10 Å². The summed E-state index contributed by atoms with van der Waals surface area (Å²) >= 11 is 0. The molecule has 88 valence electrons. The zero-order chi connectivity index (χ0) is 11.4. The molecule has 1 aromatic rings. The first-order valence-corrected chi connectivity index (χ1v) is 5.82. The maximum absolute atomic E-state index is 9.37. The van der Waals surface area contributed by atoms with E-state index in [1.165, 1.54) is 0 Å². The Labute approximate surface area is 96.0 Å². The van der Waals surface area contributed by atoms with Crippen LogP contribution in [0.25, 0.3) is 0 Å². The lowest BCUT2D eigenvalue weighted by Crippen LogP contribution is -2.24. The maximum atomic E-state index is 9.37. The van der Waals surface area contributed by atoms with E-state index in [9.17, 15) is 5.11 Å². The van der Waals surface area contributed by atoms with Gasteiger partial charge in [-0.1, -0.05) is 12.1 Å². The largest absolute Gasteiger partial charge is 0.465 e. The molecule has 16 heavy (non-hydrogen) atoms. The number of hydrogen-bond donors (Lipinski definition) is 1. The van der Waals surface area contributed by atoms with Crippen LogP contribution in [-0.2, 0) is 4.74 Å². The van der Waals surface area contributed by atoms with Gasteiger partial charge in [-0.2, -0.15) is 0 Å². The van der Waals surface area contributed by atoms with E-state index in [-0.39, 0.29) is 6.29 Å². The summed E-state index contributed by atoms with van der Waals surface area (Å²) in [6.07, 6.45) is 2.71. The van der Waals surface area contributed by atoms with Crippen LogP contribution in [0, 0.1) is 0 Å². The van der Waals surface area contributed by atoms with Gasteiger partial charge in [0, 0.05) is 6.42 Å². The van der Waals surface area contributed by atoms with Crippen LogP contribution in [0.4, 0.5) is 0 Å². The molecule has 3 nitrogen and oxygen atoms in total. The number of aliphatic hydroxyl groups excluding tert-OH is 1. The molecule has 3 heteroatoms. The van der Waals surface area contributed by atoms with Crippen molar-refractivity contribution < 1.29 is 14.6 Å². The minimum Gasteiger partial charge on any atom is -0.465 e. The van der Waals surface area contributed by atoms with Gasteiger partial charge in [-0.3, -0.25) is 0 Å². The van der Waals surface area contributed by atoms with Crippen LogP contribution in [0.3, 0.4) is 0 Å². The lowest BCUT2D eigenvalue weighted by molar-refractivity contribution is -0.105. The van der Waals surface area contributed by atoms with Gasteiger partial charge >= 0.3 is 0 Å². The molecule has 0 saturated carbocycles. The maximum Gasteiger partial charge on any atom is 0.199 e. The Morgan fingerprint density at radius 1 is 1.31 bits per heavy atom. The van der Waals surface area contributed by atoms with Crippen LogP contribution >= 0.6 is 0 Å². The number of rotatable bonds is 3. The van der Waals surface area contributed by atoms with Crippen molar-refractivity contribution in [3.05, 3.63) is 29.8 Å². The fourth-order valence-electron chi connectivity index (χ4n) is 1.78. The predicted molar refractivity (Wildman–Crippen MR) is 61.3 cm³/mol. The summed E-state index contributed by atoms with van der Waals surface area (Å²) in [5, 5.41) is 9.37. The second kappa shape index (κ2) is 5.32. The molecule has 0 bridgehead atoms. The SMILES string of the molecule is CC(O)c1ccc(OC2CCCCO2)cc1. The summed E-state index contributed by atoms with van der Waals surface area (Å²) in [5.74, 6) is 0.802. The average molecular weight is 222 g/mol. The van der Waals surface area contributed by atoms with Crippen molar-refractivity contribution in [3.8, 4) is 5.75 Å². The van der Waals surface area contributed by atoms with Crippen LogP contribution < -0.4 is 4.74 Å². The van der Waals surface area contributed by atoms with Crippen molar-refractivity contribution >= 4 is 0 Å². The smallest absolute Gasteiger partial charge is 0.199 e. The number of ether oxygens (including phenoxy) is 2. The Hall–Kier alpha value is -1.06. The molecule has 1 aliphatic rings. The predicted octanol–water partition coefficient (Wildman–Crippen LogP) is 2.65. The van der Waals surface area contributed by atoms with Crippen molar-refractivity contribution in [3.63, 3.8) is 0 Å². The molecule has 1 fully saturated rings. The minimum atomic E-state index is -0.431. The fourth-order valence-corrected chi connectivity index (χ4v) is 1.78. The van der Waals surface area contributed by atoms with Crippen molar-refractivity contribution in [1.82, 2.24) is 0 Å². The van der Waals surface area contributed by atoms with Crippen LogP contribution in [0.5, 0.6) is 5.75 Å². The normalized spacial score (nSPS) is 22.8. The molecular formula is C13H18O3. The fraction of sp³-hybridized carbons (Fsp3) is 0.538. The van der Waals surface area contributed by atoms with E-state index in [1.54, 1.807) is 6.92 Å². The molecule has 0 aromatic heterocycles. The summed E-state index contributed by atoms with van der Waals surface area (Å²) in [6, 6.07) is 7.51. The second-order valence-corrected chi connectivity index (χ2v) is 4.16. The van der Waals surface area contributed by atoms with Gasteiger partial charge in [-0.05, 0) is 37.5 Å². The van der Waals surface area contributed by atoms with Gasteiger partial charge in [0.1, 0.15) is 5.75 Å². The Bertz CT molecular complexity index is 312. The molecule has 1 heterocycles. The highest BCUT2D eigenvalue weighted by Crippen LogP contribution is 2.21. The van der Waals surface area contributed by atoms with E-state index >= 15 is 0 Å². The molecular weight excluding hydrogens is 204 g/mol. The molecule has 0 amide bonds. The van der Waals surface area contributed by atoms with Gasteiger partial charge in [0.15, 0.2) is 6.29 Å². The lowest BCUT2D eigenvalue weighted by atomic mass is 10.1. The van der Waals surface area contributed by atoms with Gasteiger partial charge in [0.25, 0.3) is 0 Å². The zero-order valence-electron chi connectivity index (χ0n) is 9.56. The van der Waals surface area contributed by atoms with Gasteiger partial charge in [0.05, 0.1) is 12.7 Å². The number of benzene rings is 1. The zero-order valence-corrected chi connectivity index (χ0v) is 9.56. The molecule has 1 saturated heterocycles. The quantitative estimate of drug-likeness (QED) is 0.854. The van der Waals surface area contributed by atoms with E-state index in [1.807, 2.05) is 24.3 Å². The van der Waals surface area contributed by atoms with E-state index in [0.717, 1.165) is 37.2 Å². The molecule has 2 unspecified atom stereocenters. The van der Waals surface area contributed by atoms with Crippen molar-refractivity contribution in [1.29, 1.82) is 0 Å². The first-order valence-electron chi connectivity index (χ1n) is 5.82. The summed E-state index contributed by atoms with van der Waals surface area (Å²) in [4.78, 5) is 0. The molecule has 2 rings (SSSR count). The van der Waals surface area contributed by atoms with Crippen LogP contribution in [0.15, 0.2) is 24.3 Å². The van der Waals surface area contributed by atoms with Gasteiger partial charge < -0.3 is 14.6 Å². The Balaban J connectivity index is 1.93. The third-order valence-corrected chi connectivity index (χ3v) is 2.77. The third-order valence-electron chi connectivity index (χ3n) is 2.77. The molecule has 0 spiro atoms. The Morgan fingerprint density at radius 3 is 2.62 bits per heavy atom. The van der Waals surface area contributed by atoms with Gasteiger partial charge in [-0.25, -0.2) is 0 Å². The summed E-state index contributed by atoms with van der Waals surface area (Å²) in [7, 11) is 0. The molecule has 1 aromatic carbocycles. The Kier molecular flexibility index (Phi) is 3.80. The monoisotopic (exact) mass is 222 g/mol. The first-order chi connectivity index (χ1) is 7.75. The van der Waals surface area contributed by atoms with Gasteiger partial charge in [-0.15, -0.1) is 0 Å². The van der Waals surface area contributed by atoms with E-state index in [2.05, 4.69) is 0 Å². The molecule has 1 aliphatic heterocycles. The first kappa shape index (κ1) is 11.4. The summed E-state index contributed by atoms with van der Waals surface area (Å²) in [5.41, 5.74) is 0.900. The summed E-state index contributed by atoms with van der Waals surface area (Å²) < 4.78 is 11.2. The molecule has 0 aliphatic carbocycles. The van der Waals surface area contributed by atoms with Crippen molar-refractivity contribution in [2.75, 3.05) is 6.61 Å². The highest BCUT2D eigenvalue weighted by Gasteiger charge is 2.15. The molecule has 0 radical (unpaired) electrons. The van der Waals surface area contributed by atoms with Crippen molar-refractivity contribution in [2.24, 2.45) is 0 Å². The van der Waals surface area contributed by atoms with E-state index in [0.29, 0.717) is 0 Å². The molecule has 1 N–H and O–H groups in total. The Morgan fingerprint density at radius 2 is 2.06 bits per heavy atom. The van der Waals surface area contributed by atoms with Crippen LogP contribution in [0.1, 0.15) is 37.9 Å². The minimum absolute atomic E-state index is 0.105. The highest BCUT2D eigenvalue weighted by molar-refractivity contribution is 5.28. The lowest BCUT2D eigenvalue weighted by Gasteiger charge is -2.23. The summed E-state index contributed by atoms with van der Waals surface area (Å²) in [6.45, 7) is 2.54. The van der Waals surface area contributed by atoms with Crippen LogP contribution in [0.2, 0.25) is 0 Å². The average Bonchev–Trinajstić information content (AvgIpc) is 2.31.